The number of nitrogens with one attached hydrogen (secondary N) is 1. The molecule has 2 unspecified atom stereocenters. The van der Waals surface area contributed by atoms with E-state index in [0.717, 1.165) is 17.4 Å². The van der Waals surface area contributed by atoms with Crippen LogP contribution in [0, 0.1) is 0 Å². The summed E-state index contributed by atoms with van der Waals surface area (Å²) in [6.45, 7) is 1.85. The van der Waals surface area contributed by atoms with Crippen molar-refractivity contribution in [1.29, 1.82) is 0 Å². The van der Waals surface area contributed by atoms with Crippen LogP contribution in [0.2, 0.25) is 0 Å². The van der Waals surface area contributed by atoms with Crippen LogP contribution in [-0.2, 0) is 14.6 Å². The number of benzene rings is 2. The number of carbonyl (C=O) groups excluding carboxylic acids is 1. The van der Waals surface area contributed by atoms with Crippen molar-refractivity contribution < 1.29 is 13.2 Å². The molecule has 24 heavy (non-hydrogen) atoms. The van der Waals surface area contributed by atoms with Crippen LogP contribution in [0.3, 0.4) is 0 Å². The van der Waals surface area contributed by atoms with E-state index in [4.69, 9.17) is 5.73 Å². The Morgan fingerprint density at radius 1 is 1.04 bits per heavy atom. The molecule has 2 aromatic rings. The maximum atomic E-state index is 12.1. The van der Waals surface area contributed by atoms with Crippen LogP contribution in [0.1, 0.15) is 36.6 Å². The van der Waals surface area contributed by atoms with Gasteiger partial charge in [0.25, 0.3) is 0 Å². The van der Waals surface area contributed by atoms with Crippen molar-refractivity contribution in [3.63, 3.8) is 0 Å². The van der Waals surface area contributed by atoms with Gasteiger partial charge < -0.3 is 11.1 Å². The fraction of sp³-hybridized carbons (Fsp3) is 0.278. The predicted molar refractivity (Wildman–Crippen MR) is 94.1 cm³/mol. The van der Waals surface area contributed by atoms with E-state index in [1.807, 2.05) is 37.3 Å². The highest BCUT2D eigenvalue weighted by atomic mass is 32.2. The van der Waals surface area contributed by atoms with Crippen molar-refractivity contribution in [2.24, 2.45) is 5.73 Å². The van der Waals surface area contributed by atoms with Gasteiger partial charge in [-0.3, -0.25) is 4.79 Å². The zero-order chi connectivity index (χ0) is 17.7. The van der Waals surface area contributed by atoms with Gasteiger partial charge in [0.1, 0.15) is 0 Å². The first-order valence-corrected chi connectivity index (χ1v) is 9.56. The van der Waals surface area contributed by atoms with Crippen LogP contribution >= 0.6 is 0 Å². The predicted octanol–water partition coefficient (Wildman–Crippen LogP) is 2.36. The van der Waals surface area contributed by atoms with Crippen LogP contribution in [-0.4, -0.2) is 20.6 Å². The summed E-state index contributed by atoms with van der Waals surface area (Å²) in [6.07, 6.45) is 1.36. The molecule has 0 saturated heterocycles. The monoisotopic (exact) mass is 346 g/mol. The molecule has 0 heterocycles. The molecule has 1 amide bonds. The Balaban J connectivity index is 1.96. The normalized spacial score (nSPS) is 14.0. The number of amides is 1. The Labute approximate surface area is 142 Å². The molecule has 2 aromatic carbocycles. The lowest BCUT2D eigenvalue weighted by Crippen LogP contribution is -2.29. The highest BCUT2D eigenvalue weighted by molar-refractivity contribution is 7.90. The van der Waals surface area contributed by atoms with Gasteiger partial charge in [0, 0.05) is 18.7 Å². The van der Waals surface area contributed by atoms with Crippen LogP contribution < -0.4 is 11.1 Å². The van der Waals surface area contributed by atoms with Crippen molar-refractivity contribution in [3.8, 4) is 0 Å². The molecule has 6 heteroatoms. The minimum atomic E-state index is -3.22. The first kappa shape index (κ1) is 18.2. The van der Waals surface area contributed by atoms with Crippen molar-refractivity contribution in [2.75, 3.05) is 6.26 Å². The molecular formula is C18H22N2O3S. The molecule has 5 nitrogen and oxygen atoms in total. The summed E-state index contributed by atoms with van der Waals surface area (Å²) in [7, 11) is -3.22. The molecule has 0 radical (unpaired) electrons. The first-order chi connectivity index (χ1) is 11.3. The van der Waals surface area contributed by atoms with E-state index in [1.54, 1.807) is 24.3 Å². The van der Waals surface area contributed by atoms with Gasteiger partial charge in [-0.05, 0) is 30.2 Å². The second-order valence-electron chi connectivity index (χ2n) is 5.85. The van der Waals surface area contributed by atoms with Gasteiger partial charge >= 0.3 is 0 Å². The number of rotatable bonds is 6. The minimum absolute atomic E-state index is 0.147. The molecule has 0 saturated carbocycles. The summed E-state index contributed by atoms with van der Waals surface area (Å²) in [5.41, 5.74) is 7.80. The second-order valence-corrected chi connectivity index (χ2v) is 7.87. The summed E-state index contributed by atoms with van der Waals surface area (Å²) < 4.78 is 22.9. The first-order valence-electron chi connectivity index (χ1n) is 7.67. The molecule has 0 aliphatic rings. The standard InChI is InChI=1S/C18H22N2O3S/c1-13(14-8-10-16(11-9-14)24(2,22)23)20-18(21)12-17(19)15-6-4-3-5-7-15/h3-11,13,17H,12,19H2,1-2H3,(H,20,21). The lowest BCUT2D eigenvalue weighted by molar-refractivity contribution is -0.122. The third-order valence-corrected chi connectivity index (χ3v) is 4.95. The topological polar surface area (TPSA) is 89.3 Å². The highest BCUT2D eigenvalue weighted by Crippen LogP contribution is 2.18. The highest BCUT2D eigenvalue weighted by Gasteiger charge is 2.15. The van der Waals surface area contributed by atoms with E-state index >= 15 is 0 Å². The van der Waals surface area contributed by atoms with Crippen LogP contribution in [0.25, 0.3) is 0 Å². The average Bonchev–Trinajstić information content (AvgIpc) is 2.54. The lowest BCUT2D eigenvalue weighted by Gasteiger charge is -2.17. The van der Waals surface area contributed by atoms with Crippen LogP contribution in [0.4, 0.5) is 0 Å². The van der Waals surface area contributed by atoms with Crippen molar-refractivity contribution >= 4 is 15.7 Å². The van der Waals surface area contributed by atoms with Crippen LogP contribution in [0.15, 0.2) is 59.5 Å². The zero-order valence-electron chi connectivity index (χ0n) is 13.8. The number of carbonyl (C=O) groups is 1. The quantitative estimate of drug-likeness (QED) is 0.840. The Morgan fingerprint density at radius 2 is 1.62 bits per heavy atom. The molecule has 0 fully saturated rings. The van der Waals surface area contributed by atoms with Gasteiger partial charge in [0.15, 0.2) is 9.84 Å². The van der Waals surface area contributed by atoms with E-state index < -0.39 is 9.84 Å². The summed E-state index contributed by atoms with van der Waals surface area (Å²) >= 11 is 0. The smallest absolute Gasteiger partial charge is 0.222 e. The maximum Gasteiger partial charge on any atom is 0.222 e. The Kier molecular flexibility index (Phi) is 5.75. The molecule has 0 aliphatic heterocycles. The summed E-state index contributed by atoms with van der Waals surface area (Å²) in [6, 6.07) is 15.4. The molecule has 0 aliphatic carbocycles. The van der Waals surface area contributed by atoms with E-state index in [-0.39, 0.29) is 29.3 Å². The summed E-state index contributed by atoms with van der Waals surface area (Å²) in [5.74, 6) is -0.147. The van der Waals surface area contributed by atoms with Crippen LogP contribution in [0.5, 0.6) is 0 Å². The lowest BCUT2D eigenvalue weighted by atomic mass is 10.0. The van der Waals surface area contributed by atoms with Crippen molar-refractivity contribution in [3.05, 3.63) is 65.7 Å². The number of nitrogens with two attached hydrogens (primary N) is 1. The fourth-order valence-corrected chi connectivity index (χ4v) is 3.04. The van der Waals surface area contributed by atoms with Crippen molar-refractivity contribution in [1.82, 2.24) is 5.32 Å². The maximum absolute atomic E-state index is 12.1. The molecule has 2 atom stereocenters. The van der Waals surface area contributed by atoms with Gasteiger partial charge in [-0.1, -0.05) is 42.5 Å². The Bertz CT molecular complexity index is 787. The molecule has 128 valence electrons. The fourth-order valence-electron chi connectivity index (χ4n) is 2.41. The number of hydrogen-bond donors (Lipinski definition) is 2. The summed E-state index contributed by atoms with van der Waals surface area (Å²) in [5, 5.41) is 2.89. The third-order valence-electron chi connectivity index (χ3n) is 3.82. The van der Waals surface area contributed by atoms with Gasteiger partial charge in [0.05, 0.1) is 10.9 Å². The molecule has 0 bridgehead atoms. The molecular weight excluding hydrogens is 324 g/mol. The third kappa shape index (κ3) is 4.91. The Morgan fingerprint density at radius 3 is 2.17 bits per heavy atom. The number of hydrogen-bond acceptors (Lipinski definition) is 4. The molecule has 2 rings (SSSR count). The second kappa shape index (κ2) is 7.59. The molecule has 0 aromatic heterocycles. The van der Waals surface area contributed by atoms with E-state index in [9.17, 15) is 13.2 Å². The summed E-state index contributed by atoms with van der Waals surface area (Å²) in [4.78, 5) is 12.4. The van der Waals surface area contributed by atoms with E-state index in [0.29, 0.717) is 0 Å². The average molecular weight is 346 g/mol. The van der Waals surface area contributed by atoms with Gasteiger partial charge in [-0.15, -0.1) is 0 Å². The molecule has 3 N–H and O–H groups in total. The van der Waals surface area contributed by atoms with Crippen molar-refractivity contribution in [2.45, 2.75) is 30.3 Å². The van der Waals surface area contributed by atoms with E-state index in [2.05, 4.69) is 5.32 Å². The number of sulfone groups is 1. The van der Waals surface area contributed by atoms with E-state index in [1.165, 1.54) is 0 Å². The zero-order valence-corrected chi connectivity index (χ0v) is 14.6. The molecule has 0 spiro atoms. The van der Waals surface area contributed by atoms with Gasteiger partial charge in [-0.2, -0.15) is 0 Å². The SMILES string of the molecule is CC(NC(=O)CC(N)c1ccccc1)c1ccc(S(C)(=O)=O)cc1. The largest absolute Gasteiger partial charge is 0.350 e. The van der Waals surface area contributed by atoms with Gasteiger partial charge in [0.2, 0.25) is 5.91 Å². The van der Waals surface area contributed by atoms with Gasteiger partial charge in [-0.25, -0.2) is 8.42 Å². The Hall–Kier alpha value is -2.18. The minimum Gasteiger partial charge on any atom is -0.350 e.